The van der Waals surface area contributed by atoms with E-state index in [0.29, 0.717) is 5.56 Å². The molecule has 2 atom stereocenters. The summed E-state index contributed by atoms with van der Waals surface area (Å²) in [7, 11) is -3.91. The predicted molar refractivity (Wildman–Crippen MR) is 119 cm³/mol. The van der Waals surface area contributed by atoms with E-state index in [1.54, 1.807) is 43.0 Å². The van der Waals surface area contributed by atoms with Gasteiger partial charge in [-0.3, -0.25) is 4.79 Å². The second-order valence-electron chi connectivity index (χ2n) is 7.01. The Kier molecular flexibility index (Phi) is 7.07. The molecule has 0 bridgehead atoms. The summed E-state index contributed by atoms with van der Waals surface area (Å²) >= 11 is 1.56. The maximum absolute atomic E-state index is 13.0. The molecular weight excluding hydrogens is 436 g/mol. The lowest BCUT2D eigenvalue weighted by Crippen LogP contribution is -2.51. The fourth-order valence-electron chi connectivity index (χ4n) is 3.30. The number of hydrogen-bond donors (Lipinski definition) is 2. The average molecular weight is 461 g/mol. The van der Waals surface area contributed by atoms with Gasteiger partial charge in [-0.1, -0.05) is 29.8 Å². The molecule has 2 N–H and O–H groups in total. The molecule has 7 nitrogen and oxygen atoms in total. The third kappa shape index (κ3) is 5.29. The highest BCUT2D eigenvalue weighted by Gasteiger charge is 2.40. The van der Waals surface area contributed by atoms with Crippen LogP contribution in [0.5, 0.6) is 0 Å². The van der Waals surface area contributed by atoms with Gasteiger partial charge in [0.05, 0.1) is 23.0 Å². The maximum Gasteiger partial charge on any atom is 0.319 e. The molecule has 0 aliphatic carbocycles. The number of urea groups is 1. The highest BCUT2D eigenvalue weighted by atomic mass is 32.2. The van der Waals surface area contributed by atoms with Crippen LogP contribution in [0.2, 0.25) is 0 Å². The van der Waals surface area contributed by atoms with Crippen molar-refractivity contribution in [1.82, 2.24) is 10.6 Å². The molecule has 2 aromatic carbocycles. The van der Waals surface area contributed by atoms with E-state index in [0.717, 1.165) is 15.9 Å². The lowest BCUT2D eigenvalue weighted by molar-refractivity contribution is -0.147. The summed E-state index contributed by atoms with van der Waals surface area (Å²) in [6.45, 7) is 3.65. The van der Waals surface area contributed by atoms with Crippen LogP contribution in [-0.4, -0.2) is 33.3 Å². The lowest BCUT2D eigenvalue weighted by Gasteiger charge is -2.33. The van der Waals surface area contributed by atoms with Crippen LogP contribution in [0.4, 0.5) is 4.79 Å². The molecule has 1 saturated heterocycles. The van der Waals surface area contributed by atoms with Gasteiger partial charge in [-0.15, -0.1) is 11.8 Å². The SMILES string of the molecule is CCOC(=O)[C@@H]1/C(=C\S(=O)(=O)c2ccc(C)cc2)NC(=O)N[C@H]1c1ccc(SC)cc1. The number of rotatable bonds is 6. The number of nitrogens with one attached hydrogen (secondary N) is 2. The van der Waals surface area contributed by atoms with Crippen molar-refractivity contribution in [1.29, 1.82) is 0 Å². The number of thioether (sulfide) groups is 1. The third-order valence-electron chi connectivity index (χ3n) is 4.86. The normalized spacial score (nSPS) is 20.1. The molecule has 164 valence electrons. The summed E-state index contributed by atoms with van der Waals surface area (Å²) in [5, 5.41) is 6.17. The third-order valence-corrected chi connectivity index (χ3v) is 7.10. The van der Waals surface area contributed by atoms with E-state index in [1.165, 1.54) is 12.1 Å². The molecule has 2 amide bonds. The van der Waals surface area contributed by atoms with E-state index < -0.39 is 33.8 Å². The summed E-state index contributed by atoms with van der Waals surface area (Å²) in [6.07, 6.45) is 1.94. The number of aryl methyl sites for hydroxylation is 1. The Morgan fingerprint density at radius 1 is 1.13 bits per heavy atom. The Morgan fingerprint density at radius 3 is 2.35 bits per heavy atom. The van der Waals surface area contributed by atoms with Gasteiger partial charge in [-0.25, -0.2) is 13.2 Å². The van der Waals surface area contributed by atoms with Crippen LogP contribution < -0.4 is 10.6 Å². The van der Waals surface area contributed by atoms with Crippen molar-refractivity contribution in [2.45, 2.75) is 29.7 Å². The van der Waals surface area contributed by atoms with Crippen LogP contribution in [0.25, 0.3) is 0 Å². The number of ether oxygens (including phenoxy) is 1. The summed E-state index contributed by atoms with van der Waals surface area (Å²) in [4.78, 5) is 26.3. The first-order chi connectivity index (χ1) is 14.7. The first-order valence-electron chi connectivity index (χ1n) is 9.66. The second kappa shape index (κ2) is 9.57. The largest absolute Gasteiger partial charge is 0.465 e. The second-order valence-corrected chi connectivity index (χ2v) is 9.69. The van der Waals surface area contributed by atoms with Gasteiger partial charge in [0.2, 0.25) is 9.84 Å². The van der Waals surface area contributed by atoms with Gasteiger partial charge in [0.15, 0.2) is 0 Å². The van der Waals surface area contributed by atoms with E-state index in [4.69, 9.17) is 4.74 Å². The van der Waals surface area contributed by atoms with Crippen LogP contribution in [0, 0.1) is 12.8 Å². The van der Waals surface area contributed by atoms with E-state index >= 15 is 0 Å². The van der Waals surface area contributed by atoms with Crippen LogP contribution >= 0.6 is 11.8 Å². The van der Waals surface area contributed by atoms with Crippen LogP contribution in [0.15, 0.2) is 69.4 Å². The van der Waals surface area contributed by atoms with Gasteiger partial charge in [-0.05, 0) is 49.9 Å². The first-order valence-corrected chi connectivity index (χ1v) is 12.4. The number of sulfone groups is 1. The number of hydrogen-bond acceptors (Lipinski definition) is 6. The van der Waals surface area contributed by atoms with Crippen molar-refractivity contribution in [2.75, 3.05) is 12.9 Å². The van der Waals surface area contributed by atoms with Crippen molar-refractivity contribution in [3.05, 3.63) is 70.8 Å². The molecule has 1 fully saturated rings. The fourth-order valence-corrected chi connectivity index (χ4v) is 4.90. The summed E-state index contributed by atoms with van der Waals surface area (Å²) in [6, 6.07) is 12.3. The minimum atomic E-state index is -3.91. The topological polar surface area (TPSA) is 102 Å². The molecule has 0 unspecified atom stereocenters. The molecule has 3 rings (SSSR count). The monoisotopic (exact) mass is 460 g/mol. The summed E-state index contributed by atoms with van der Waals surface area (Å²) in [5.74, 6) is -1.67. The van der Waals surface area contributed by atoms with E-state index in [-0.39, 0.29) is 17.2 Å². The standard InChI is InChI=1S/C22H24N2O5S2/c1-4-29-21(25)19-18(13-31(27,28)17-11-5-14(2)6-12-17)23-22(26)24-20(19)15-7-9-16(30-3)10-8-15/h5-13,19-20H,4H2,1-3H3,(H2,23,24,26)/b18-13+/t19-,20+/m1/s1. The molecule has 0 spiro atoms. The van der Waals surface area contributed by atoms with Gasteiger partial charge in [-0.2, -0.15) is 0 Å². The number of carbonyl (C=O) groups is 2. The number of benzene rings is 2. The Morgan fingerprint density at radius 2 is 1.77 bits per heavy atom. The minimum Gasteiger partial charge on any atom is -0.465 e. The zero-order valence-electron chi connectivity index (χ0n) is 17.4. The Bertz CT molecular complexity index is 1090. The molecule has 0 aromatic heterocycles. The van der Waals surface area contributed by atoms with Gasteiger partial charge in [0, 0.05) is 10.6 Å². The quantitative estimate of drug-likeness (QED) is 0.505. The predicted octanol–water partition coefficient (Wildman–Crippen LogP) is 3.57. The van der Waals surface area contributed by atoms with Crippen molar-refractivity contribution < 1.29 is 22.7 Å². The fraction of sp³-hybridized carbons (Fsp3) is 0.273. The smallest absolute Gasteiger partial charge is 0.319 e. The number of amides is 2. The van der Waals surface area contributed by atoms with Crippen molar-refractivity contribution in [3.8, 4) is 0 Å². The molecule has 9 heteroatoms. The van der Waals surface area contributed by atoms with Gasteiger partial charge >= 0.3 is 12.0 Å². The van der Waals surface area contributed by atoms with E-state index in [1.807, 2.05) is 25.3 Å². The van der Waals surface area contributed by atoms with Crippen LogP contribution in [0.3, 0.4) is 0 Å². The first kappa shape index (κ1) is 22.9. The highest BCUT2D eigenvalue weighted by Crippen LogP contribution is 2.33. The molecule has 1 aliphatic rings. The minimum absolute atomic E-state index is 0.0262. The van der Waals surface area contributed by atoms with E-state index in [9.17, 15) is 18.0 Å². The number of carbonyl (C=O) groups excluding carboxylic acids is 2. The van der Waals surface area contributed by atoms with Crippen molar-refractivity contribution in [2.24, 2.45) is 5.92 Å². The maximum atomic E-state index is 13.0. The van der Waals surface area contributed by atoms with E-state index in [2.05, 4.69) is 10.6 Å². The molecule has 1 heterocycles. The summed E-state index contributed by atoms with van der Waals surface area (Å²) < 4.78 is 31.1. The zero-order chi connectivity index (χ0) is 22.6. The van der Waals surface area contributed by atoms with Gasteiger partial charge in [0.25, 0.3) is 0 Å². The molecule has 2 aromatic rings. The lowest BCUT2D eigenvalue weighted by atomic mass is 9.89. The molecular formula is C22H24N2O5S2. The molecule has 1 aliphatic heterocycles. The van der Waals surface area contributed by atoms with Crippen LogP contribution in [-0.2, 0) is 19.4 Å². The zero-order valence-corrected chi connectivity index (χ0v) is 19.0. The average Bonchev–Trinajstić information content (AvgIpc) is 2.73. The summed E-state index contributed by atoms with van der Waals surface area (Å²) in [5.41, 5.74) is 1.56. The van der Waals surface area contributed by atoms with Crippen molar-refractivity contribution in [3.63, 3.8) is 0 Å². The van der Waals surface area contributed by atoms with Crippen LogP contribution in [0.1, 0.15) is 24.1 Å². The van der Waals surface area contributed by atoms with Gasteiger partial charge < -0.3 is 15.4 Å². The Balaban J connectivity index is 2.07. The van der Waals surface area contributed by atoms with Gasteiger partial charge in [0.1, 0.15) is 5.92 Å². The molecule has 0 saturated carbocycles. The Hall–Kier alpha value is -2.78. The number of esters is 1. The highest BCUT2D eigenvalue weighted by molar-refractivity contribution is 7.98. The molecule has 0 radical (unpaired) electrons. The van der Waals surface area contributed by atoms with Crippen molar-refractivity contribution >= 4 is 33.6 Å². The Labute approximate surface area is 186 Å². The molecule has 31 heavy (non-hydrogen) atoms.